The zero-order valence-electron chi connectivity index (χ0n) is 8.05. The number of nitrogens with one attached hydrogen (secondary N) is 1. The van der Waals surface area contributed by atoms with Crippen LogP contribution in [0.1, 0.15) is 12.8 Å². The summed E-state index contributed by atoms with van der Waals surface area (Å²) in [7, 11) is 2.13. The van der Waals surface area contributed by atoms with Crippen molar-refractivity contribution in [2.24, 2.45) is 5.92 Å². The molecule has 0 aromatic rings. The lowest BCUT2D eigenvalue weighted by Crippen LogP contribution is -2.30. The molecular formula is C9H17BrN2O. The van der Waals surface area contributed by atoms with Gasteiger partial charge in [0.15, 0.2) is 0 Å². The minimum Gasteiger partial charge on any atom is -0.356 e. The number of alkyl halides is 1. The number of rotatable bonds is 4. The van der Waals surface area contributed by atoms with Crippen LogP contribution in [0.3, 0.4) is 0 Å². The van der Waals surface area contributed by atoms with E-state index in [4.69, 9.17) is 0 Å². The van der Waals surface area contributed by atoms with Crippen molar-refractivity contribution >= 4 is 21.8 Å². The molecule has 76 valence electrons. The van der Waals surface area contributed by atoms with E-state index in [0.29, 0.717) is 12.3 Å². The summed E-state index contributed by atoms with van der Waals surface area (Å²) in [6, 6.07) is 0. The fourth-order valence-corrected chi connectivity index (χ4v) is 1.99. The molecule has 4 heteroatoms. The van der Waals surface area contributed by atoms with E-state index in [1.165, 1.54) is 13.0 Å². The second kappa shape index (κ2) is 5.60. The van der Waals surface area contributed by atoms with Crippen molar-refractivity contribution in [1.29, 1.82) is 0 Å². The van der Waals surface area contributed by atoms with Gasteiger partial charge in [-0.25, -0.2) is 0 Å². The van der Waals surface area contributed by atoms with Crippen LogP contribution in [0.5, 0.6) is 0 Å². The molecule has 0 spiro atoms. The molecule has 0 radical (unpaired) electrons. The van der Waals surface area contributed by atoms with Gasteiger partial charge < -0.3 is 10.2 Å². The number of amides is 1. The third-order valence-electron chi connectivity index (χ3n) is 2.40. The summed E-state index contributed by atoms with van der Waals surface area (Å²) in [5, 5.41) is 3.70. The normalized spacial score (nSPS) is 23.4. The highest BCUT2D eigenvalue weighted by atomic mass is 79.9. The first-order chi connectivity index (χ1) is 6.22. The van der Waals surface area contributed by atoms with Gasteiger partial charge in [0.05, 0.1) is 0 Å². The number of carbonyl (C=O) groups is 1. The lowest BCUT2D eigenvalue weighted by atomic mass is 10.1. The van der Waals surface area contributed by atoms with Gasteiger partial charge in [0.2, 0.25) is 5.91 Å². The molecule has 0 aromatic heterocycles. The van der Waals surface area contributed by atoms with Gasteiger partial charge in [-0.15, -0.1) is 0 Å². The largest absolute Gasteiger partial charge is 0.356 e. The molecule has 1 aliphatic rings. The summed E-state index contributed by atoms with van der Waals surface area (Å²) in [6.07, 6.45) is 1.80. The molecular weight excluding hydrogens is 232 g/mol. The number of hydrogen-bond acceptors (Lipinski definition) is 2. The maximum absolute atomic E-state index is 11.1. The molecule has 1 N–H and O–H groups in total. The van der Waals surface area contributed by atoms with Crippen molar-refractivity contribution < 1.29 is 4.79 Å². The van der Waals surface area contributed by atoms with E-state index in [9.17, 15) is 4.79 Å². The molecule has 1 aliphatic heterocycles. The van der Waals surface area contributed by atoms with Crippen LogP contribution < -0.4 is 5.32 Å². The molecule has 1 fully saturated rings. The predicted molar refractivity (Wildman–Crippen MR) is 57.0 cm³/mol. The highest BCUT2D eigenvalue weighted by molar-refractivity contribution is 9.09. The second-order valence-corrected chi connectivity index (χ2v) is 4.45. The van der Waals surface area contributed by atoms with Crippen molar-refractivity contribution in [3.8, 4) is 0 Å². The fraction of sp³-hybridized carbons (Fsp3) is 0.889. The second-order valence-electron chi connectivity index (χ2n) is 3.66. The van der Waals surface area contributed by atoms with Gasteiger partial charge in [-0.1, -0.05) is 15.9 Å². The topological polar surface area (TPSA) is 32.3 Å². The summed E-state index contributed by atoms with van der Waals surface area (Å²) in [6.45, 7) is 3.13. The van der Waals surface area contributed by atoms with Crippen LogP contribution in [0.4, 0.5) is 0 Å². The van der Waals surface area contributed by atoms with Crippen LogP contribution in [0.2, 0.25) is 0 Å². The Morgan fingerprint density at radius 1 is 1.69 bits per heavy atom. The van der Waals surface area contributed by atoms with E-state index >= 15 is 0 Å². The van der Waals surface area contributed by atoms with Gasteiger partial charge in [0, 0.05) is 24.8 Å². The van der Waals surface area contributed by atoms with Gasteiger partial charge in [0.25, 0.3) is 0 Å². The quantitative estimate of drug-likeness (QED) is 0.749. The average molecular weight is 249 g/mol. The summed E-state index contributed by atoms with van der Waals surface area (Å²) in [4.78, 5) is 13.4. The maximum Gasteiger partial charge on any atom is 0.220 e. The van der Waals surface area contributed by atoms with Crippen LogP contribution in [-0.4, -0.2) is 42.8 Å². The Kier molecular flexibility index (Phi) is 4.73. The molecule has 3 nitrogen and oxygen atoms in total. The van der Waals surface area contributed by atoms with E-state index in [-0.39, 0.29) is 5.91 Å². The molecule has 1 unspecified atom stereocenters. The summed E-state index contributed by atoms with van der Waals surface area (Å²) >= 11 is 3.24. The molecule has 1 heterocycles. The SMILES string of the molecule is CN1CCC(CNC(=O)CCBr)C1. The molecule has 1 amide bonds. The zero-order valence-corrected chi connectivity index (χ0v) is 9.64. The Hall–Kier alpha value is -0.0900. The predicted octanol–water partition coefficient (Wildman–Crippen LogP) is 0.839. The lowest BCUT2D eigenvalue weighted by molar-refractivity contribution is -0.120. The zero-order chi connectivity index (χ0) is 9.68. The first-order valence-corrected chi connectivity index (χ1v) is 5.85. The van der Waals surface area contributed by atoms with Crippen molar-refractivity contribution in [3.63, 3.8) is 0 Å². The van der Waals surface area contributed by atoms with Crippen molar-refractivity contribution in [1.82, 2.24) is 10.2 Å². The van der Waals surface area contributed by atoms with E-state index in [1.54, 1.807) is 0 Å². The maximum atomic E-state index is 11.1. The summed E-state index contributed by atoms with van der Waals surface area (Å²) in [5.74, 6) is 0.815. The highest BCUT2D eigenvalue weighted by Gasteiger charge is 2.19. The molecule has 1 atom stereocenters. The third kappa shape index (κ3) is 4.09. The Labute approximate surface area is 88.0 Å². The first-order valence-electron chi connectivity index (χ1n) is 4.73. The van der Waals surface area contributed by atoms with Gasteiger partial charge in [-0.3, -0.25) is 4.79 Å². The van der Waals surface area contributed by atoms with Crippen LogP contribution in [-0.2, 0) is 4.79 Å². The van der Waals surface area contributed by atoms with Crippen LogP contribution >= 0.6 is 15.9 Å². The van der Waals surface area contributed by atoms with Crippen LogP contribution in [0.25, 0.3) is 0 Å². The Balaban J connectivity index is 2.09. The fourth-order valence-electron chi connectivity index (χ4n) is 1.63. The van der Waals surface area contributed by atoms with Gasteiger partial charge in [-0.2, -0.15) is 0 Å². The monoisotopic (exact) mass is 248 g/mol. The standard InChI is InChI=1S/C9H17BrN2O/c1-12-5-3-8(7-12)6-11-9(13)2-4-10/h8H,2-7H2,1H3,(H,11,13). The molecule has 0 saturated carbocycles. The van der Waals surface area contributed by atoms with Gasteiger partial charge in [-0.05, 0) is 25.9 Å². The Bertz CT molecular complexity index is 175. The van der Waals surface area contributed by atoms with E-state index in [2.05, 4.69) is 33.2 Å². The number of halogens is 1. The van der Waals surface area contributed by atoms with Crippen molar-refractivity contribution in [2.45, 2.75) is 12.8 Å². The summed E-state index contributed by atoms with van der Waals surface area (Å²) in [5.41, 5.74) is 0. The first kappa shape index (κ1) is 11.0. The number of likely N-dealkylation sites (tertiary alicyclic amines) is 1. The highest BCUT2D eigenvalue weighted by Crippen LogP contribution is 2.12. The van der Waals surface area contributed by atoms with Crippen molar-refractivity contribution in [2.75, 3.05) is 32.0 Å². The van der Waals surface area contributed by atoms with Crippen molar-refractivity contribution in [3.05, 3.63) is 0 Å². The van der Waals surface area contributed by atoms with E-state index < -0.39 is 0 Å². The molecule has 1 saturated heterocycles. The Morgan fingerprint density at radius 2 is 2.46 bits per heavy atom. The molecule has 13 heavy (non-hydrogen) atoms. The van der Waals surface area contributed by atoms with Gasteiger partial charge in [0.1, 0.15) is 0 Å². The number of carbonyl (C=O) groups excluding carboxylic acids is 1. The van der Waals surface area contributed by atoms with Gasteiger partial charge >= 0.3 is 0 Å². The molecule has 0 aliphatic carbocycles. The van der Waals surface area contributed by atoms with Crippen LogP contribution in [0, 0.1) is 5.92 Å². The number of nitrogens with zero attached hydrogens (tertiary/aromatic N) is 1. The number of hydrogen-bond donors (Lipinski definition) is 1. The molecule has 1 rings (SSSR count). The van der Waals surface area contributed by atoms with E-state index in [0.717, 1.165) is 18.4 Å². The minimum absolute atomic E-state index is 0.159. The smallest absolute Gasteiger partial charge is 0.220 e. The lowest BCUT2D eigenvalue weighted by Gasteiger charge is -2.11. The molecule has 0 aromatic carbocycles. The third-order valence-corrected chi connectivity index (χ3v) is 2.79. The average Bonchev–Trinajstić information content (AvgIpc) is 2.49. The Morgan fingerprint density at radius 3 is 3.00 bits per heavy atom. The minimum atomic E-state index is 0.159. The van der Waals surface area contributed by atoms with Crippen LogP contribution in [0.15, 0.2) is 0 Å². The van der Waals surface area contributed by atoms with E-state index in [1.807, 2.05) is 0 Å². The summed E-state index contributed by atoms with van der Waals surface area (Å²) < 4.78 is 0. The molecule has 0 bridgehead atoms.